The van der Waals surface area contributed by atoms with Gasteiger partial charge in [0.1, 0.15) is 5.69 Å². The van der Waals surface area contributed by atoms with Gasteiger partial charge in [0.2, 0.25) is 11.8 Å². The number of hydrogen-bond donors (Lipinski definition) is 1. The molecule has 40 heavy (non-hydrogen) atoms. The number of carbonyl (C=O) groups is 3. The van der Waals surface area contributed by atoms with Crippen LogP contribution < -0.4 is 5.73 Å². The lowest BCUT2D eigenvalue weighted by molar-refractivity contribution is -0.144. The van der Waals surface area contributed by atoms with E-state index in [1.54, 1.807) is 17.0 Å². The van der Waals surface area contributed by atoms with Crippen LogP contribution in [0.1, 0.15) is 53.7 Å². The Morgan fingerprint density at radius 3 is 2.45 bits per heavy atom. The lowest BCUT2D eigenvalue weighted by atomic mass is 9.99. The Morgan fingerprint density at radius 2 is 1.85 bits per heavy atom. The van der Waals surface area contributed by atoms with Crippen molar-refractivity contribution < 1.29 is 27.6 Å². The van der Waals surface area contributed by atoms with Crippen molar-refractivity contribution in [2.75, 3.05) is 13.1 Å². The third kappa shape index (κ3) is 4.11. The van der Waals surface area contributed by atoms with Gasteiger partial charge in [-0.2, -0.15) is 13.2 Å². The van der Waals surface area contributed by atoms with Crippen molar-refractivity contribution >= 4 is 39.3 Å². The Labute approximate surface area is 232 Å². The van der Waals surface area contributed by atoms with E-state index < -0.39 is 23.3 Å². The monoisotopic (exact) mass is 571 g/mol. The molecule has 0 bridgehead atoms. The summed E-state index contributed by atoms with van der Waals surface area (Å²) >= 11 is 1.22. The average molecular weight is 572 g/mol. The van der Waals surface area contributed by atoms with E-state index in [0.717, 1.165) is 6.07 Å². The van der Waals surface area contributed by atoms with Crippen molar-refractivity contribution in [2.45, 2.75) is 52.4 Å². The number of likely N-dealkylation sites (tertiary alicyclic amines) is 2. The molecule has 0 aromatic carbocycles. The first-order valence-corrected chi connectivity index (χ1v) is 13.8. The van der Waals surface area contributed by atoms with Crippen LogP contribution in [0.4, 0.5) is 13.2 Å². The molecule has 0 spiro atoms. The van der Waals surface area contributed by atoms with Gasteiger partial charge in [-0.1, -0.05) is 13.8 Å². The maximum atomic E-state index is 13.9. The number of imide groups is 1. The molecule has 0 radical (unpaired) electrons. The van der Waals surface area contributed by atoms with E-state index in [2.05, 4.69) is 9.97 Å². The van der Waals surface area contributed by atoms with Gasteiger partial charge in [-0.3, -0.25) is 24.3 Å². The number of thiophene rings is 1. The summed E-state index contributed by atoms with van der Waals surface area (Å²) in [5.41, 5.74) is 5.18. The zero-order valence-corrected chi connectivity index (χ0v) is 23.2. The summed E-state index contributed by atoms with van der Waals surface area (Å²) in [6.45, 7) is 7.84. The zero-order valence-electron chi connectivity index (χ0n) is 22.4. The number of carbonyl (C=O) groups excluding carboxylic acids is 3. The largest absolute Gasteiger partial charge is 0.433 e. The highest BCUT2D eigenvalue weighted by Gasteiger charge is 2.72. The lowest BCUT2D eigenvalue weighted by Gasteiger charge is -2.23. The van der Waals surface area contributed by atoms with E-state index in [0.29, 0.717) is 33.6 Å². The van der Waals surface area contributed by atoms with Crippen LogP contribution in [-0.4, -0.2) is 56.1 Å². The summed E-state index contributed by atoms with van der Waals surface area (Å²) in [6, 6.07) is 4.16. The minimum Gasteiger partial charge on any atom is -0.337 e. The zero-order chi connectivity index (χ0) is 28.9. The number of halogens is 3. The van der Waals surface area contributed by atoms with Crippen LogP contribution in [0, 0.1) is 24.2 Å². The summed E-state index contributed by atoms with van der Waals surface area (Å²) < 4.78 is 42.1. The fourth-order valence-corrected chi connectivity index (χ4v) is 7.28. The number of nitrogens with two attached hydrogens (primary N) is 1. The van der Waals surface area contributed by atoms with Gasteiger partial charge in [0.25, 0.3) is 5.91 Å². The third-order valence-corrected chi connectivity index (χ3v) is 9.58. The van der Waals surface area contributed by atoms with Gasteiger partial charge < -0.3 is 10.6 Å². The summed E-state index contributed by atoms with van der Waals surface area (Å²) in [5.74, 6) is -1.46. The maximum Gasteiger partial charge on any atom is 0.433 e. The standard InChI is InChI=1S/C28H28F3N5O3S/c1-13-9-17(28(29,30)31)34-21(18(13)23(37)35-8-6-27(4,32)12-35)15-5-7-33-16-10-14(40-22(15)16)11-36-24(38)19-20(25(36)39)26(19,2)3/h5,7,9-10,19-20H,6,8,11-12,32H2,1-4H3. The van der Waals surface area contributed by atoms with Crippen molar-refractivity contribution in [3.63, 3.8) is 0 Å². The van der Waals surface area contributed by atoms with E-state index in [1.807, 2.05) is 20.8 Å². The molecule has 3 unspecified atom stereocenters. The van der Waals surface area contributed by atoms with Crippen LogP contribution in [0.3, 0.4) is 0 Å². The van der Waals surface area contributed by atoms with Crippen LogP contribution in [0.25, 0.3) is 21.5 Å². The molecule has 12 heteroatoms. The average Bonchev–Trinajstić information content (AvgIpc) is 3.19. The molecule has 5 heterocycles. The molecule has 3 aromatic rings. The molecule has 6 rings (SSSR count). The summed E-state index contributed by atoms with van der Waals surface area (Å²) in [6.07, 6.45) is -2.69. The van der Waals surface area contributed by atoms with Gasteiger partial charge in [-0.15, -0.1) is 11.3 Å². The van der Waals surface area contributed by atoms with E-state index in [9.17, 15) is 27.6 Å². The number of amides is 3. The van der Waals surface area contributed by atoms with Crippen molar-refractivity contribution in [3.05, 3.63) is 46.1 Å². The molecule has 3 aromatic heterocycles. The first kappa shape index (κ1) is 26.8. The SMILES string of the molecule is Cc1cc(C(F)(F)F)nc(-c2ccnc3cc(CN4C(=O)C5C(C4=O)C5(C)C)sc23)c1C(=O)N1CCC(C)(N)C1. The lowest BCUT2D eigenvalue weighted by Crippen LogP contribution is -2.41. The van der Waals surface area contributed by atoms with E-state index in [-0.39, 0.29) is 59.0 Å². The van der Waals surface area contributed by atoms with Crippen LogP contribution in [0.2, 0.25) is 0 Å². The van der Waals surface area contributed by atoms with Crippen molar-refractivity contribution in [1.29, 1.82) is 0 Å². The highest BCUT2D eigenvalue weighted by Crippen LogP contribution is 2.63. The summed E-state index contributed by atoms with van der Waals surface area (Å²) in [7, 11) is 0. The minimum absolute atomic E-state index is 0.0604. The fourth-order valence-electron chi connectivity index (χ4n) is 6.17. The molecule has 2 aliphatic heterocycles. The van der Waals surface area contributed by atoms with Crippen LogP contribution in [-0.2, 0) is 22.3 Å². The highest BCUT2D eigenvalue weighted by atomic mass is 32.1. The minimum atomic E-state index is -4.72. The second kappa shape index (κ2) is 8.56. The normalized spacial score (nSPS) is 25.7. The number of aromatic nitrogens is 2. The smallest absolute Gasteiger partial charge is 0.337 e. The van der Waals surface area contributed by atoms with Crippen LogP contribution in [0.5, 0.6) is 0 Å². The predicted molar refractivity (Wildman–Crippen MR) is 142 cm³/mol. The van der Waals surface area contributed by atoms with Gasteiger partial charge in [-0.25, -0.2) is 4.98 Å². The number of nitrogens with zero attached hydrogens (tertiary/aromatic N) is 4. The second-order valence-corrected chi connectivity index (χ2v) is 13.1. The Balaban J connectivity index is 1.43. The summed E-state index contributed by atoms with van der Waals surface area (Å²) in [5, 5.41) is 0. The number of rotatable bonds is 4. The molecule has 1 saturated carbocycles. The quantitative estimate of drug-likeness (QED) is 0.466. The maximum absolute atomic E-state index is 13.9. The molecular formula is C28H28F3N5O3S. The number of alkyl halides is 3. The molecule has 1 aliphatic carbocycles. The van der Waals surface area contributed by atoms with Gasteiger partial charge in [0.05, 0.1) is 39.9 Å². The molecule has 3 amide bonds. The molecule has 3 atom stereocenters. The van der Waals surface area contributed by atoms with E-state index >= 15 is 0 Å². The molecule has 3 fully saturated rings. The number of hydrogen-bond acceptors (Lipinski definition) is 7. The predicted octanol–water partition coefficient (Wildman–Crippen LogP) is 4.39. The van der Waals surface area contributed by atoms with Gasteiger partial charge in [0, 0.05) is 35.3 Å². The van der Waals surface area contributed by atoms with Gasteiger partial charge >= 0.3 is 6.18 Å². The molecule has 3 aliphatic rings. The van der Waals surface area contributed by atoms with Crippen molar-refractivity contribution in [2.24, 2.45) is 23.0 Å². The topological polar surface area (TPSA) is 109 Å². The summed E-state index contributed by atoms with van der Waals surface area (Å²) in [4.78, 5) is 51.2. The Morgan fingerprint density at radius 1 is 1.18 bits per heavy atom. The Kier molecular flexibility index (Phi) is 5.74. The fraction of sp³-hybridized carbons (Fsp3) is 0.464. The number of pyridine rings is 2. The molecule has 8 nitrogen and oxygen atoms in total. The van der Waals surface area contributed by atoms with Crippen LogP contribution >= 0.6 is 11.3 Å². The molecule has 210 valence electrons. The van der Waals surface area contributed by atoms with Crippen molar-refractivity contribution in [3.8, 4) is 11.3 Å². The molecule has 2 N–H and O–H groups in total. The highest BCUT2D eigenvalue weighted by molar-refractivity contribution is 7.19. The molecule has 2 saturated heterocycles. The van der Waals surface area contributed by atoms with E-state index in [1.165, 1.54) is 29.4 Å². The second-order valence-electron chi connectivity index (χ2n) is 12.0. The first-order valence-electron chi connectivity index (χ1n) is 13.0. The van der Waals surface area contributed by atoms with E-state index in [4.69, 9.17) is 5.73 Å². The van der Waals surface area contributed by atoms with Gasteiger partial charge in [-0.05, 0) is 49.4 Å². The third-order valence-electron chi connectivity index (χ3n) is 8.44. The first-order chi connectivity index (χ1) is 18.6. The van der Waals surface area contributed by atoms with Crippen LogP contribution in [0.15, 0.2) is 24.4 Å². The number of aryl methyl sites for hydroxylation is 1. The van der Waals surface area contributed by atoms with Gasteiger partial charge in [0.15, 0.2) is 0 Å². The Bertz CT molecular complexity index is 1590. The molecular weight excluding hydrogens is 543 g/mol. The Hall–Kier alpha value is -3.38. The number of fused-ring (bicyclic) bond motifs is 2. The van der Waals surface area contributed by atoms with Crippen molar-refractivity contribution in [1.82, 2.24) is 19.8 Å². The number of piperidine rings is 1.